The standard InChI is InChI=1S/C31H28N4O3S/c1-22-19-25(20-26(21-32)31(36)33-18-6-9-24-7-4-3-5-8-24)23(2)34(22)27-10-14-29(15-11-27)39-30-16-12-28(13-17-30)35(37)38/h3-5,7-8,10-17,19-20H,6,9,18H2,1-2H3,(H,33,36)/b26-20-. The second kappa shape index (κ2) is 12.8. The van der Waals surface area contributed by atoms with E-state index in [4.69, 9.17) is 0 Å². The molecule has 1 N–H and O–H groups in total. The third-order valence-electron chi connectivity index (χ3n) is 6.28. The molecule has 1 heterocycles. The summed E-state index contributed by atoms with van der Waals surface area (Å²) < 4.78 is 2.08. The molecule has 1 aromatic heterocycles. The second-order valence-corrected chi connectivity index (χ2v) is 10.2. The molecule has 0 saturated heterocycles. The summed E-state index contributed by atoms with van der Waals surface area (Å²) in [5, 5.41) is 23.4. The van der Waals surface area contributed by atoms with Crippen LogP contribution in [0.15, 0.2) is 100 Å². The normalized spacial score (nSPS) is 11.2. The number of hydrogen-bond acceptors (Lipinski definition) is 5. The molecular weight excluding hydrogens is 508 g/mol. The third-order valence-corrected chi connectivity index (χ3v) is 7.30. The van der Waals surface area contributed by atoms with Crippen LogP contribution in [-0.2, 0) is 11.2 Å². The number of nitrogens with zero attached hydrogens (tertiary/aromatic N) is 3. The number of benzene rings is 3. The smallest absolute Gasteiger partial charge is 0.269 e. The lowest BCUT2D eigenvalue weighted by molar-refractivity contribution is -0.384. The van der Waals surface area contributed by atoms with Gasteiger partial charge in [-0.25, -0.2) is 0 Å². The number of aryl methyl sites for hydroxylation is 2. The van der Waals surface area contributed by atoms with Gasteiger partial charge in [-0.05, 0) is 86.4 Å². The molecule has 39 heavy (non-hydrogen) atoms. The van der Waals surface area contributed by atoms with Crippen LogP contribution in [0, 0.1) is 35.3 Å². The van der Waals surface area contributed by atoms with E-state index in [-0.39, 0.29) is 17.2 Å². The van der Waals surface area contributed by atoms with Crippen molar-refractivity contribution in [3.63, 3.8) is 0 Å². The lowest BCUT2D eigenvalue weighted by Crippen LogP contribution is -2.25. The Morgan fingerprint density at radius 1 is 1.03 bits per heavy atom. The molecule has 7 nitrogen and oxygen atoms in total. The Labute approximate surface area is 231 Å². The summed E-state index contributed by atoms with van der Waals surface area (Å²) in [4.78, 5) is 25.0. The van der Waals surface area contributed by atoms with Crippen molar-refractivity contribution in [1.82, 2.24) is 9.88 Å². The fourth-order valence-electron chi connectivity index (χ4n) is 4.30. The number of rotatable bonds is 10. The van der Waals surface area contributed by atoms with Crippen molar-refractivity contribution in [2.75, 3.05) is 6.54 Å². The first-order valence-electron chi connectivity index (χ1n) is 12.5. The van der Waals surface area contributed by atoms with Gasteiger partial charge >= 0.3 is 0 Å². The molecule has 0 aliphatic carbocycles. The number of hydrogen-bond donors (Lipinski definition) is 1. The van der Waals surface area contributed by atoms with Crippen LogP contribution in [0.2, 0.25) is 0 Å². The van der Waals surface area contributed by atoms with E-state index in [9.17, 15) is 20.2 Å². The minimum atomic E-state index is -0.409. The summed E-state index contributed by atoms with van der Waals surface area (Å²) >= 11 is 1.52. The quantitative estimate of drug-likeness (QED) is 0.0789. The number of carbonyl (C=O) groups is 1. The molecule has 1 amide bonds. The summed E-state index contributed by atoms with van der Waals surface area (Å²) in [7, 11) is 0. The van der Waals surface area contributed by atoms with Crippen molar-refractivity contribution in [3.05, 3.63) is 123 Å². The van der Waals surface area contributed by atoms with E-state index in [2.05, 4.69) is 22.0 Å². The van der Waals surface area contributed by atoms with Crippen LogP contribution in [0.3, 0.4) is 0 Å². The molecule has 0 saturated carbocycles. The molecule has 0 aliphatic rings. The van der Waals surface area contributed by atoms with Gasteiger partial charge in [0, 0.05) is 45.5 Å². The number of nitro groups is 1. The maximum atomic E-state index is 12.7. The molecule has 0 radical (unpaired) electrons. The van der Waals surface area contributed by atoms with E-state index in [0.717, 1.165) is 45.3 Å². The van der Waals surface area contributed by atoms with E-state index < -0.39 is 4.92 Å². The topological polar surface area (TPSA) is 101 Å². The molecule has 0 fully saturated rings. The number of aromatic nitrogens is 1. The second-order valence-electron chi connectivity index (χ2n) is 9.02. The number of amides is 1. The number of non-ortho nitro benzene ring substituents is 1. The number of nitro benzene ring substituents is 1. The fourth-order valence-corrected chi connectivity index (χ4v) is 5.12. The van der Waals surface area contributed by atoms with Crippen molar-refractivity contribution < 1.29 is 9.72 Å². The summed E-state index contributed by atoms with van der Waals surface area (Å²) in [5.41, 5.74) is 5.04. The lowest BCUT2D eigenvalue weighted by atomic mass is 10.1. The molecule has 3 aromatic carbocycles. The number of nitriles is 1. The van der Waals surface area contributed by atoms with Crippen LogP contribution < -0.4 is 5.32 Å². The van der Waals surface area contributed by atoms with Gasteiger partial charge in [-0.2, -0.15) is 5.26 Å². The van der Waals surface area contributed by atoms with Gasteiger partial charge in [-0.1, -0.05) is 42.1 Å². The Hall–Kier alpha value is -4.61. The molecule has 4 aromatic rings. The van der Waals surface area contributed by atoms with Crippen molar-refractivity contribution in [1.29, 1.82) is 5.26 Å². The predicted octanol–water partition coefficient (Wildman–Crippen LogP) is 6.81. The van der Waals surface area contributed by atoms with Crippen LogP contribution in [-0.4, -0.2) is 21.9 Å². The Morgan fingerprint density at radius 3 is 2.28 bits per heavy atom. The zero-order valence-corrected chi connectivity index (χ0v) is 22.6. The van der Waals surface area contributed by atoms with E-state index in [1.54, 1.807) is 18.2 Å². The molecule has 4 rings (SSSR count). The highest BCUT2D eigenvalue weighted by atomic mass is 32.2. The third kappa shape index (κ3) is 7.03. The van der Waals surface area contributed by atoms with Crippen LogP contribution in [0.5, 0.6) is 0 Å². The van der Waals surface area contributed by atoms with E-state index in [1.807, 2.05) is 68.4 Å². The first-order valence-corrected chi connectivity index (χ1v) is 13.3. The van der Waals surface area contributed by atoms with Gasteiger partial charge in [0.15, 0.2) is 0 Å². The molecule has 0 aliphatic heterocycles. The van der Waals surface area contributed by atoms with Crippen LogP contribution in [0.1, 0.15) is 28.9 Å². The predicted molar refractivity (Wildman–Crippen MR) is 154 cm³/mol. The average molecular weight is 537 g/mol. The van der Waals surface area contributed by atoms with Gasteiger partial charge in [-0.3, -0.25) is 14.9 Å². The molecule has 196 valence electrons. The van der Waals surface area contributed by atoms with E-state index in [1.165, 1.54) is 29.5 Å². The number of carbonyl (C=O) groups excluding carboxylic acids is 1. The molecule has 0 atom stereocenters. The fraction of sp³-hybridized carbons (Fsp3) is 0.161. The van der Waals surface area contributed by atoms with E-state index in [0.29, 0.717) is 6.54 Å². The van der Waals surface area contributed by atoms with Crippen LogP contribution in [0.4, 0.5) is 5.69 Å². The van der Waals surface area contributed by atoms with Crippen molar-refractivity contribution in [2.45, 2.75) is 36.5 Å². The molecule has 8 heteroatoms. The SMILES string of the molecule is Cc1cc(/C=C(/C#N)C(=O)NCCCc2ccccc2)c(C)n1-c1ccc(Sc2ccc([N+](=O)[O-])cc2)cc1. The zero-order valence-electron chi connectivity index (χ0n) is 21.8. The molecule has 0 bridgehead atoms. The van der Waals surface area contributed by atoms with Crippen molar-refractivity contribution >= 4 is 29.4 Å². The Balaban J connectivity index is 1.42. The van der Waals surface area contributed by atoms with Crippen LogP contribution >= 0.6 is 11.8 Å². The summed E-state index contributed by atoms with van der Waals surface area (Å²) in [6.07, 6.45) is 3.30. The Bertz CT molecular complexity index is 1530. The molecular formula is C31H28N4O3S. The van der Waals surface area contributed by atoms with E-state index >= 15 is 0 Å². The van der Waals surface area contributed by atoms with Gasteiger partial charge < -0.3 is 9.88 Å². The van der Waals surface area contributed by atoms with Gasteiger partial charge in [0.2, 0.25) is 0 Å². The van der Waals surface area contributed by atoms with Gasteiger partial charge in [0.1, 0.15) is 11.6 Å². The maximum Gasteiger partial charge on any atom is 0.269 e. The minimum absolute atomic E-state index is 0.0678. The first-order chi connectivity index (χ1) is 18.9. The zero-order chi connectivity index (χ0) is 27.8. The monoisotopic (exact) mass is 536 g/mol. The highest BCUT2D eigenvalue weighted by Crippen LogP contribution is 2.30. The van der Waals surface area contributed by atoms with Crippen molar-refractivity contribution in [2.24, 2.45) is 0 Å². The number of nitrogens with one attached hydrogen (secondary N) is 1. The first kappa shape index (κ1) is 27.4. The summed E-state index contributed by atoms with van der Waals surface area (Å²) in [5.74, 6) is -0.372. The molecule has 0 spiro atoms. The highest BCUT2D eigenvalue weighted by molar-refractivity contribution is 7.99. The summed E-state index contributed by atoms with van der Waals surface area (Å²) in [6.45, 7) is 4.45. The molecule has 0 unspecified atom stereocenters. The highest BCUT2D eigenvalue weighted by Gasteiger charge is 2.14. The Kier molecular flexibility index (Phi) is 8.97. The average Bonchev–Trinajstić information content (AvgIpc) is 3.23. The van der Waals surface area contributed by atoms with Crippen LogP contribution in [0.25, 0.3) is 11.8 Å². The lowest BCUT2D eigenvalue weighted by Gasteiger charge is -2.11. The largest absolute Gasteiger partial charge is 0.351 e. The maximum absolute atomic E-state index is 12.7. The van der Waals surface area contributed by atoms with Gasteiger partial charge in [0.05, 0.1) is 4.92 Å². The van der Waals surface area contributed by atoms with Crippen molar-refractivity contribution in [3.8, 4) is 11.8 Å². The minimum Gasteiger partial charge on any atom is -0.351 e. The van der Waals surface area contributed by atoms with Gasteiger partial charge in [0.25, 0.3) is 11.6 Å². The summed E-state index contributed by atoms with van der Waals surface area (Å²) in [6, 6.07) is 28.6. The van der Waals surface area contributed by atoms with Gasteiger partial charge in [-0.15, -0.1) is 0 Å². The Morgan fingerprint density at radius 2 is 1.67 bits per heavy atom.